The summed E-state index contributed by atoms with van der Waals surface area (Å²) in [5.74, 6) is 0.0336. The minimum atomic E-state index is -0.561. The molecule has 0 aliphatic rings. The molecule has 1 aromatic heterocycles. The Bertz CT molecular complexity index is 1200. The van der Waals surface area contributed by atoms with Gasteiger partial charge in [-0.2, -0.15) is 0 Å². The molecule has 3 rings (SSSR count). The Morgan fingerprint density at radius 1 is 0.912 bits per heavy atom. The summed E-state index contributed by atoms with van der Waals surface area (Å²) < 4.78 is 8.72. The number of rotatable bonds is 9. The van der Waals surface area contributed by atoms with Crippen LogP contribution < -0.4 is 5.69 Å². The number of fused-ring (bicyclic) bond motifs is 1. The third kappa shape index (κ3) is 6.37. The molecule has 0 aliphatic heterocycles. The minimum Gasteiger partial charge on any atom is -0.444 e. The SMILES string of the molecule is Cn1c(=O)n(C)c2cc(C(=O)CCCCN(CCc3ccccc3)C(=O)OC(C)(C)C)ccc21. The first-order valence-corrected chi connectivity index (χ1v) is 11.8. The molecule has 1 amide bonds. The number of hydrogen-bond donors (Lipinski definition) is 0. The van der Waals surface area contributed by atoms with Crippen LogP contribution in [0.1, 0.15) is 56.0 Å². The summed E-state index contributed by atoms with van der Waals surface area (Å²) in [6, 6.07) is 15.4. The number of ketones is 1. The van der Waals surface area contributed by atoms with Crippen LogP contribution in [0.4, 0.5) is 4.79 Å². The number of ether oxygens (including phenoxy) is 1. The lowest BCUT2D eigenvalue weighted by Gasteiger charge is -2.27. The first-order chi connectivity index (χ1) is 16.1. The second-order valence-corrected chi connectivity index (χ2v) is 9.69. The average Bonchev–Trinajstić information content (AvgIpc) is 3.01. The number of imidazole rings is 1. The summed E-state index contributed by atoms with van der Waals surface area (Å²) in [6.45, 7) is 6.67. The Morgan fingerprint density at radius 3 is 2.26 bits per heavy atom. The fourth-order valence-corrected chi connectivity index (χ4v) is 3.94. The molecular formula is C27H35N3O4. The molecule has 0 N–H and O–H groups in total. The van der Waals surface area contributed by atoms with Crippen LogP contribution in [0.3, 0.4) is 0 Å². The van der Waals surface area contributed by atoms with Crippen LogP contribution in [0.2, 0.25) is 0 Å². The number of aryl methyl sites for hydroxylation is 2. The molecule has 0 spiro atoms. The van der Waals surface area contributed by atoms with Crippen molar-refractivity contribution in [2.45, 2.75) is 52.1 Å². The van der Waals surface area contributed by atoms with E-state index in [-0.39, 0.29) is 17.6 Å². The molecule has 0 unspecified atom stereocenters. The van der Waals surface area contributed by atoms with E-state index in [1.165, 1.54) is 0 Å². The van der Waals surface area contributed by atoms with E-state index in [0.717, 1.165) is 23.0 Å². The maximum absolute atomic E-state index is 12.8. The molecule has 0 saturated heterocycles. The van der Waals surface area contributed by atoms with Crippen molar-refractivity contribution in [2.24, 2.45) is 14.1 Å². The van der Waals surface area contributed by atoms with Gasteiger partial charge < -0.3 is 9.64 Å². The third-order valence-corrected chi connectivity index (χ3v) is 5.84. The van der Waals surface area contributed by atoms with Crippen LogP contribution in [0.25, 0.3) is 11.0 Å². The topological polar surface area (TPSA) is 73.5 Å². The van der Waals surface area contributed by atoms with Crippen molar-refractivity contribution < 1.29 is 14.3 Å². The molecule has 0 atom stereocenters. The van der Waals surface area contributed by atoms with E-state index in [9.17, 15) is 14.4 Å². The van der Waals surface area contributed by atoms with Crippen LogP contribution >= 0.6 is 0 Å². The number of carbonyl (C=O) groups excluding carboxylic acids is 2. The maximum Gasteiger partial charge on any atom is 0.410 e. The number of amides is 1. The van der Waals surface area contributed by atoms with Gasteiger partial charge in [0.1, 0.15) is 5.60 Å². The molecular weight excluding hydrogens is 430 g/mol. The Balaban J connectivity index is 1.58. The van der Waals surface area contributed by atoms with Crippen LogP contribution in [0.15, 0.2) is 53.3 Å². The molecule has 34 heavy (non-hydrogen) atoms. The van der Waals surface area contributed by atoms with Gasteiger partial charge in [-0.15, -0.1) is 0 Å². The second-order valence-electron chi connectivity index (χ2n) is 9.69. The first kappa shape index (κ1) is 25.3. The summed E-state index contributed by atoms with van der Waals surface area (Å²) in [7, 11) is 3.43. The zero-order chi connectivity index (χ0) is 24.9. The summed E-state index contributed by atoms with van der Waals surface area (Å²) in [5, 5.41) is 0. The van der Waals surface area contributed by atoms with Gasteiger partial charge in [0.2, 0.25) is 0 Å². The van der Waals surface area contributed by atoms with Crippen LogP contribution in [0.5, 0.6) is 0 Å². The lowest BCUT2D eigenvalue weighted by Crippen LogP contribution is -2.38. The summed E-state index contributed by atoms with van der Waals surface area (Å²) in [6.07, 6.45) is 2.16. The molecule has 3 aromatic rings. The van der Waals surface area contributed by atoms with E-state index in [4.69, 9.17) is 4.74 Å². The highest BCUT2D eigenvalue weighted by atomic mass is 16.6. The quantitative estimate of drug-likeness (QED) is 0.339. The maximum atomic E-state index is 12.8. The Kier molecular flexibility index (Phi) is 7.97. The minimum absolute atomic E-state index is 0.0336. The standard InChI is InChI=1S/C27H35N3O4/c1-27(2,3)34-26(33)30(18-16-20-11-7-6-8-12-20)17-10-9-13-24(31)21-14-15-22-23(19-21)29(5)25(32)28(22)4/h6-8,11-12,14-15,19H,9-10,13,16-18H2,1-5H3. The largest absolute Gasteiger partial charge is 0.444 e. The molecule has 7 heteroatoms. The van der Waals surface area contributed by atoms with Gasteiger partial charge in [-0.1, -0.05) is 30.3 Å². The summed E-state index contributed by atoms with van der Waals surface area (Å²) >= 11 is 0. The van der Waals surface area contributed by atoms with Crippen LogP contribution in [-0.4, -0.2) is 44.6 Å². The van der Waals surface area contributed by atoms with E-state index < -0.39 is 5.60 Å². The highest BCUT2D eigenvalue weighted by molar-refractivity contribution is 5.99. The first-order valence-electron chi connectivity index (χ1n) is 11.8. The van der Waals surface area contributed by atoms with Gasteiger partial charge in [0.25, 0.3) is 0 Å². The normalized spacial score (nSPS) is 11.6. The van der Waals surface area contributed by atoms with Gasteiger partial charge in [-0.3, -0.25) is 13.9 Å². The average molecular weight is 466 g/mol. The molecule has 0 bridgehead atoms. The molecule has 0 fully saturated rings. The number of unbranched alkanes of at least 4 members (excludes halogenated alkanes) is 1. The predicted molar refractivity (Wildman–Crippen MR) is 134 cm³/mol. The highest BCUT2D eigenvalue weighted by Crippen LogP contribution is 2.17. The number of hydrogen-bond acceptors (Lipinski definition) is 4. The van der Waals surface area contributed by atoms with Crippen molar-refractivity contribution >= 4 is 22.9 Å². The smallest absolute Gasteiger partial charge is 0.410 e. The van der Waals surface area contributed by atoms with Crippen LogP contribution in [-0.2, 0) is 25.3 Å². The van der Waals surface area contributed by atoms with Crippen molar-refractivity contribution in [3.63, 3.8) is 0 Å². The fourth-order valence-electron chi connectivity index (χ4n) is 3.94. The monoisotopic (exact) mass is 465 g/mol. The van der Waals surface area contributed by atoms with Crippen molar-refractivity contribution in [3.8, 4) is 0 Å². The fraction of sp³-hybridized carbons (Fsp3) is 0.444. The van der Waals surface area contributed by atoms with Gasteiger partial charge in [0.05, 0.1) is 11.0 Å². The number of nitrogens with zero attached hydrogens (tertiary/aromatic N) is 3. The van der Waals surface area contributed by atoms with Crippen molar-refractivity contribution in [1.29, 1.82) is 0 Å². The number of carbonyl (C=O) groups is 2. The molecule has 0 aliphatic carbocycles. The highest BCUT2D eigenvalue weighted by Gasteiger charge is 2.22. The molecule has 7 nitrogen and oxygen atoms in total. The van der Waals surface area contributed by atoms with Gasteiger partial charge in [0, 0.05) is 39.2 Å². The van der Waals surface area contributed by atoms with E-state index in [1.807, 2.05) is 57.2 Å². The lowest BCUT2D eigenvalue weighted by molar-refractivity contribution is 0.0249. The lowest BCUT2D eigenvalue weighted by atomic mass is 10.0. The van der Waals surface area contributed by atoms with Crippen LogP contribution in [0, 0.1) is 0 Å². The van der Waals surface area contributed by atoms with Crippen molar-refractivity contribution in [3.05, 3.63) is 70.1 Å². The summed E-state index contributed by atoms with van der Waals surface area (Å²) in [4.78, 5) is 39.4. The van der Waals surface area contributed by atoms with E-state index in [1.54, 1.807) is 40.3 Å². The molecule has 182 valence electrons. The Morgan fingerprint density at radius 2 is 1.59 bits per heavy atom. The number of Topliss-reactive ketones (excluding diaryl/α,β-unsaturated/α-hetero) is 1. The van der Waals surface area contributed by atoms with Gasteiger partial charge >= 0.3 is 11.8 Å². The molecule has 0 saturated carbocycles. The number of aromatic nitrogens is 2. The summed E-state index contributed by atoms with van der Waals surface area (Å²) in [5.41, 5.74) is 2.63. The number of benzene rings is 2. The zero-order valence-electron chi connectivity index (χ0n) is 20.8. The molecule has 1 heterocycles. The molecule has 2 aromatic carbocycles. The van der Waals surface area contributed by atoms with Gasteiger partial charge in [-0.05, 0) is 63.8 Å². The molecule has 0 radical (unpaired) electrons. The van der Waals surface area contributed by atoms with Crippen molar-refractivity contribution in [1.82, 2.24) is 14.0 Å². The predicted octanol–water partition coefficient (Wildman–Crippen LogP) is 4.71. The Hall–Kier alpha value is -3.35. The Labute approximate surface area is 200 Å². The second kappa shape index (κ2) is 10.7. The van der Waals surface area contributed by atoms with Gasteiger partial charge in [-0.25, -0.2) is 9.59 Å². The zero-order valence-corrected chi connectivity index (χ0v) is 20.8. The van der Waals surface area contributed by atoms with E-state index >= 15 is 0 Å². The third-order valence-electron chi connectivity index (χ3n) is 5.84. The van der Waals surface area contributed by atoms with Gasteiger partial charge in [0.15, 0.2) is 5.78 Å². The van der Waals surface area contributed by atoms with Crippen molar-refractivity contribution in [2.75, 3.05) is 13.1 Å². The van der Waals surface area contributed by atoms with E-state index in [0.29, 0.717) is 37.9 Å². The van der Waals surface area contributed by atoms with E-state index in [2.05, 4.69) is 0 Å².